The Labute approximate surface area is 167 Å². The molecule has 1 heterocycles. The van der Waals surface area contributed by atoms with E-state index in [1.165, 1.54) is 22.2 Å². The van der Waals surface area contributed by atoms with Crippen molar-refractivity contribution in [2.24, 2.45) is 0 Å². The zero-order valence-electron chi connectivity index (χ0n) is 15.6. The largest absolute Gasteiger partial charge is 0.483 e. The summed E-state index contributed by atoms with van der Waals surface area (Å²) in [4.78, 5) is 15.9. The summed E-state index contributed by atoms with van der Waals surface area (Å²) in [5.41, 5.74) is 6.02. The number of ether oxygens (including phenoxy) is 1. The van der Waals surface area contributed by atoms with Crippen molar-refractivity contribution < 1.29 is 9.53 Å². The number of carbonyl (C=O) groups is 1. The molecule has 2 N–H and O–H groups in total. The number of aryl methyl sites for hydroxylation is 2. The van der Waals surface area contributed by atoms with Gasteiger partial charge in [-0.2, -0.15) is 0 Å². The SMILES string of the molecule is Cc1cccc(OCC(=O)NC2CCc3[nH]c4ccc(Br)cc4c3C2)c1C. The molecule has 5 heteroatoms. The standard InChI is InChI=1S/C22H23BrN2O2/c1-13-4-3-5-21(14(13)2)27-12-22(26)24-16-7-9-20-18(11-16)17-10-15(23)6-8-19(17)25-20/h3-6,8,10,16,25H,7,9,11-12H2,1-2H3,(H,24,26). The molecule has 0 saturated heterocycles. The Morgan fingerprint density at radius 3 is 3.00 bits per heavy atom. The van der Waals surface area contributed by atoms with Crippen LogP contribution in [0.1, 0.15) is 28.8 Å². The zero-order chi connectivity index (χ0) is 19.0. The molecule has 140 valence electrons. The van der Waals surface area contributed by atoms with E-state index >= 15 is 0 Å². The lowest BCUT2D eigenvalue weighted by Gasteiger charge is -2.24. The summed E-state index contributed by atoms with van der Waals surface area (Å²) in [7, 11) is 0. The molecule has 1 unspecified atom stereocenters. The molecule has 0 bridgehead atoms. The van der Waals surface area contributed by atoms with Gasteiger partial charge >= 0.3 is 0 Å². The minimum atomic E-state index is -0.0645. The average molecular weight is 427 g/mol. The molecule has 0 aliphatic heterocycles. The molecule has 0 radical (unpaired) electrons. The maximum atomic E-state index is 12.4. The van der Waals surface area contributed by atoms with Crippen LogP contribution in [0.15, 0.2) is 40.9 Å². The number of halogens is 1. The maximum Gasteiger partial charge on any atom is 0.258 e. The van der Waals surface area contributed by atoms with Crippen molar-refractivity contribution in [1.82, 2.24) is 10.3 Å². The van der Waals surface area contributed by atoms with Crippen LogP contribution in [0.25, 0.3) is 10.9 Å². The lowest BCUT2D eigenvalue weighted by molar-refractivity contribution is -0.123. The van der Waals surface area contributed by atoms with Gasteiger partial charge in [0.05, 0.1) is 0 Å². The van der Waals surface area contributed by atoms with Crippen molar-refractivity contribution in [3.63, 3.8) is 0 Å². The Hall–Kier alpha value is -2.27. The lowest BCUT2D eigenvalue weighted by atomic mass is 9.91. The van der Waals surface area contributed by atoms with E-state index in [1.807, 2.05) is 38.1 Å². The molecule has 0 spiro atoms. The third-order valence-electron chi connectivity index (χ3n) is 5.43. The predicted octanol–water partition coefficient (Wildman–Crippen LogP) is 4.60. The second-order valence-corrected chi connectivity index (χ2v) is 8.18. The molecule has 3 aromatic rings. The number of amides is 1. The minimum absolute atomic E-state index is 0.0487. The smallest absolute Gasteiger partial charge is 0.258 e. The fourth-order valence-electron chi connectivity index (χ4n) is 3.81. The van der Waals surface area contributed by atoms with Crippen molar-refractivity contribution in [2.75, 3.05) is 6.61 Å². The number of benzene rings is 2. The van der Waals surface area contributed by atoms with Crippen molar-refractivity contribution in [1.29, 1.82) is 0 Å². The van der Waals surface area contributed by atoms with E-state index in [2.05, 4.69) is 38.4 Å². The summed E-state index contributed by atoms with van der Waals surface area (Å²) < 4.78 is 6.81. The van der Waals surface area contributed by atoms with Gasteiger partial charge < -0.3 is 15.0 Å². The number of fused-ring (bicyclic) bond motifs is 3. The molecule has 27 heavy (non-hydrogen) atoms. The van der Waals surface area contributed by atoms with Crippen LogP contribution in [0.2, 0.25) is 0 Å². The summed E-state index contributed by atoms with van der Waals surface area (Å²) in [6, 6.07) is 12.3. The van der Waals surface area contributed by atoms with Crippen LogP contribution in [0.5, 0.6) is 5.75 Å². The van der Waals surface area contributed by atoms with E-state index in [0.717, 1.165) is 40.6 Å². The third kappa shape index (κ3) is 3.74. The summed E-state index contributed by atoms with van der Waals surface area (Å²) in [5, 5.41) is 4.38. The normalized spacial score (nSPS) is 16.2. The molecule has 0 saturated carbocycles. The van der Waals surface area contributed by atoms with Gasteiger partial charge in [0.15, 0.2) is 6.61 Å². The fraction of sp³-hybridized carbons (Fsp3) is 0.318. The molecule has 4 nitrogen and oxygen atoms in total. The van der Waals surface area contributed by atoms with Crippen LogP contribution >= 0.6 is 15.9 Å². The summed E-state index contributed by atoms with van der Waals surface area (Å²) in [6.45, 7) is 4.11. The lowest BCUT2D eigenvalue weighted by Crippen LogP contribution is -2.41. The average Bonchev–Trinajstić information content (AvgIpc) is 3.00. The topological polar surface area (TPSA) is 54.1 Å². The first kappa shape index (κ1) is 18.1. The number of aromatic nitrogens is 1. The van der Waals surface area contributed by atoms with Gasteiger partial charge in [-0.05, 0) is 74.1 Å². The maximum absolute atomic E-state index is 12.4. The fourth-order valence-corrected chi connectivity index (χ4v) is 4.17. The highest BCUT2D eigenvalue weighted by Gasteiger charge is 2.24. The second-order valence-electron chi connectivity index (χ2n) is 7.27. The number of hydrogen-bond acceptors (Lipinski definition) is 2. The zero-order valence-corrected chi connectivity index (χ0v) is 17.2. The van der Waals surface area contributed by atoms with Crippen molar-refractivity contribution in [2.45, 2.75) is 39.2 Å². The first-order valence-electron chi connectivity index (χ1n) is 9.28. The molecule has 2 aromatic carbocycles. The van der Waals surface area contributed by atoms with Crippen LogP contribution in [0.3, 0.4) is 0 Å². The number of nitrogens with one attached hydrogen (secondary N) is 2. The Morgan fingerprint density at radius 1 is 1.30 bits per heavy atom. The monoisotopic (exact) mass is 426 g/mol. The Morgan fingerprint density at radius 2 is 2.15 bits per heavy atom. The van der Waals surface area contributed by atoms with E-state index in [-0.39, 0.29) is 18.6 Å². The summed E-state index contributed by atoms with van der Waals surface area (Å²) >= 11 is 3.55. The summed E-state index contributed by atoms with van der Waals surface area (Å²) in [6.07, 6.45) is 2.74. The number of H-pyrrole nitrogens is 1. The van der Waals surface area contributed by atoms with Gasteiger partial charge in [0, 0.05) is 27.1 Å². The molecule has 1 amide bonds. The first-order valence-corrected chi connectivity index (χ1v) is 10.1. The number of rotatable bonds is 4. The van der Waals surface area contributed by atoms with Crippen LogP contribution < -0.4 is 10.1 Å². The van der Waals surface area contributed by atoms with E-state index in [4.69, 9.17) is 4.74 Å². The number of aromatic amines is 1. The summed E-state index contributed by atoms with van der Waals surface area (Å²) in [5.74, 6) is 0.711. The number of hydrogen-bond donors (Lipinski definition) is 2. The van der Waals surface area contributed by atoms with E-state index in [0.29, 0.717) is 0 Å². The first-order chi connectivity index (χ1) is 13.0. The van der Waals surface area contributed by atoms with Gasteiger partial charge in [-0.15, -0.1) is 0 Å². The number of carbonyl (C=O) groups excluding carboxylic acids is 1. The van der Waals surface area contributed by atoms with Crippen LogP contribution in [0, 0.1) is 13.8 Å². The predicted molar refractivity (Wildman–Crippen MR) is 111 cm³/mol. The quantitative estimate of drug-likeness (QED) is 0.640. The van der Waals surface area contributed by atoms with Crippen molar-refractivity contribution in [3.8, 4) is 5.75 Å². The van der Waals surface area contributed by atoms with Crippen molar-refractivity contribution in [3.05, 3.63) is 63.3 Å². The minimum Gasteiger partial charge on any atom is -0.483 e. The molecule has 1 aliphatic carbocycles. The van der Waals surface area contributed by atoms with Gasteiger partial charge in [0.25, 0.3) is 5.91 Å². The molecular weight excluding hydrogens is 404 g/mol. The van der Waals surface area contributed by atoms with Gasteiger partial charge in [-0.1, -0.05) is 28.1 Å². The highest BCUT2D eigenvalue weighted by atomic mass is 79.9. The van der Waals surface area contributed by atoms with Gasteiger partial charge in [0.2, 0.25) is 0 Å². The van der Waals surface area contributed by atoms with Crippen LogP contribution in [-0.2, 0) is 17.6 Å². The van der Waals surface area contributed by atoms with Crippen LogP contribution in [-0.4, -0.2) is 23.5 Å². The molecule has 1 aliphatic rings. The van der Waals surface area contributed by atoms with E-state index in [9.17, 15) is 4.79 Å². The van der Waals surface area contributed by atoms with E-state index in [1.54, 1.807) is 0 Å². The highest BCUT2D eigenvalue weighted by molar-refractivity contribution is 9.10. The van der Waals surface area contributed by atoms with Gasteiger partial charge in [-0.3, -0.25) is 4.79 Å². The molecule has 0 fully saturated rings. The molecule has 1 aromatic heterocycles. The Bertz CT molecular complexity index is 1010. The molecule has 4 rings (SSSR count). The van der Waals surface area contributed by atoms with Crippen LogP contribution in [0.4, 0.5) is 0 Å². The van der Waals surface area contributed by atoms with Crippen molar-refractivity contribution >= 4 is 32.7 Å². The molecular formula is C22H23BrN2O2. The Kier molecular flexibility index (Phi) is 4.96. The van der Waals surface area contributed by atoms with Gasteiger partial charge in [0.1, 0.15) is 5.75 Å². The second kappa shape index (κ2) is 7.39. The Balaban J connectivity index is 1.41. The highest BCUT2D eigenvalue weighted by Crippen LogP contribution is 2.31. The third-order valence-corrected chi connectivity index (χ3v) is 5.92. The molecule has 1 atom stereocenters. The van der Waals surface area contributed by atoms with E-state index < -0.39 is 0 Å². The van der Waals surface area contributed by atoms with Gasteiger partial charge in [-0.25, -0.2) is 0 Å².